The second-order valence-corrected chi connectivity index (χ2v) is 4.74. The van der Waals surface area contributed by atoms with Crippen LogP contribution in [0.15, 0.2) is 24.3 Å². The van der Waals surface area contributed by atoms with Gasteiger partial charge in [0, 0.05) is 11.6 Å². The predicted octanol–water partition coefficient (Wildman–Crippen LogP) is 2.86. The molecule has 0 radical (unpaired) electrons. The lowest BCUT2D eigenvalue weighted by molar-refractivity contribution is -0.131. The van der Waals surface area contributed by atoms with Gasteiger partial charge in [0.15, 0.2) is 6.79 Å². The van der Waals surface area contributed by atoms with E-state index in [0.717, 1.165) is 23.8 Å². The van der Waals surface area contributed by atoms with Crippen LogP contribution in [0.3, 0.4) is 0 Å². The number of ether oxygens (including phenoxy) is 2. The zero-order valence-corrected chi connectivity index (χ0v) is 11.0. The number of aliphatic carboxylic acids is 1. The lowest BCUT2D eigenvalue weighted by Gasteiger charge is -2.12. The smallest absolute Gasteiger partial charge is 0.328 e. The highest BCUT2D eigenvalue weighted by atomic mass is 16.7. The molecule has 0 unspecified atom stereocenters. The van der Waals surface area contributed by atoms with Gasteiger partial charge in [-0.2, -0.15) is 0 Å². The lowest BCUT2D eigenvalue weighted by Crippen LogP contribution is -2.06. The van der Waals surface area contributed by atoms with Gasteiger partial charge < -0.3 is 14.6 Å². The maximum absolute atomic E-state index is 10.6. The van der Waals surface area contributed by atoms with Crippen LogP contribution in [0.1, 0.15) is 24.0 Å². The van der Waals surface area contributed by atoms with Crippen molar-refractivity contribution in [2.75, 3.05) is 13.4 Å². The van der Waals surface area contributed by atoms with Gasteiger partial charge in [-0.05, 0) is 37.3 Å². The van der Waals surface area contributed by atoms with Crippen LogP contribution in [0.4, 0.5) is 0 Å². The Hall–Kier alpha value is -1.81. The van der Waals surface area contributed by atoms with Crippen LogP contribution in [-0.2, 0) is 9.53 Å². The van der Waals surface area contributed by atoms with Gasteiger partial charge >= 0.3 is 5.97 Å². The molecule has 0 atom stereocenters. The summed E-state index contributed by atoms with van der Waals surface area (Å²) in [6.45, 7) is 2.87. The number of hydrogen-bond donors (Lipinski definition) is 1. The third-order valence-electron chi connectivity index (χ3n) is 2.98. The molecule has 1 aliphatic rings. The van der Waals surface area contributed by atoms with Gasteiger partial charge in [0.2, 0.25) is 0 Å². The van der Waals surface area contributed by atoms with E-state index in [1.54, 1.807) is 0 Å². The molecule has 4 heteroatoms. The summed E-state index contributed by atoms with van der Waals surface area (Å²) in [6, 6.07) is 5.62. The first-order valence-electron chi connectivity index (χ1n) is 6.38. The maximum Gasteiger partial charge on any atom is 0.328 e. The topological polar surface area (TPSA) is 55.8 Å². The fraction of sp³-hybridized carbons (Fsp3) is 0.400. The van der Waals surface area contributed by atoms with Gasteiger partial charge in [0.25, 0.3) is 0 Å². The fourth-order valence-corrected chi connectivity index (χ4v) is 1.76. The SMILES string of the molecule is Cc1cccc(/C=C/C(=O)O)c1OCOCC1CC1. The van der Waals surface area contributed by atoms with Gasteiger partial charge in [-0.15, -0.1) is 0 Å². The van der Waals surface area contributed by atoms with Crippen molar-refractivity contribution in [1.82, 2.24) is 0 Å². The molecule has 0 spiro atoms. The fourth-order valence-electron chi connectivity index (χ4n) is 1.76. The summed E-state index contributed by atoms with van der Waals surface area (Å²) in [5, 5.41) is 8.66. The molecule has 2 rings (SSSR count). The minimum atomic E-state index is -0.975. The van der Waals surface area contributed by atoms with Crippen LogP contribution < -0.4 is 4.74 Å². The molecule has 102 valence electrons. The highest BCUT2D eigenvalue weighted by Gasteiger charge is 2.21. The molecule has 1 saturated carbocycles. The van der Waals surface area contributed by atoms with Crippen LogP contribution in [0, 0.1) is 12.8 Å². The average Bonchev–Trinajstić information content (AvgIpc) is 3.18. The summed E-state index contributed by atoms with van der Waals surface area (Å²) in [6.07, 6.45) is 5.13. The van der Waals surface area contributed by atoms with Crippen molar-refractivity contribution in [3.05, 3.63) is 35.4 Å². The Morgan fingerprint density at radius 2 is 2.26 bits per heavy atom. The summed E-state index contributed by atoms with van der Waals surface area (Å²) in [5.74, 6) is 0.403. The molecular formula is C15H18O4. The number of para-hydroxylation sites is 1. The number of carboxylic acid groups (broad SMARTS) is 1. The van der Waals surface area contributed by atoms with Crippen molar-refractivity contribution in [3.8, 4) is 5.75 Å². The predicted molar refractivity (Wildman–Crippen MR) is 72.0 cm³/mol. The molecule has 1 aliphatic carbocycles. The van der Waals surface area contributed by atoms with Crippen LogP contribution in [-0.4, -0.2) is 24.5 Å². The van der Waals surface area contributed by atoms with Gasteiger partial charge in [-0.3, -0.25) is 0 Å². The van der Waals surface area contributed by atoms with Gasteiger partial charge in [0.05, 0.1) is 6.61 Å². The molecule has 0 aliphatic heterocycles. The second-order valence-electron chi connectivity index (χ2n) is 4.74. The third-order valence-corrected chi connectivity index (χ3v) is 2.98. The monoisotopic (exact) mass is 262 g/mol. The molecule has 0 bridgehead atoms. The Kier molecular flexibility index (Phi) is 4.58. The van der Waals surface area contributed by atoms with Crippen LogP contribution in [0.5, 0.6) is 5.75 Å². The van der Waals surface area contributed by atoms with Gasteiger partial charge in [-0.25, -0.2) is 4.79 Å². The van der Waals surface area contributed by atoms with E-state index < -0.39 is 5.97 Å². The van der Waals surface area contributed by atoms with Crippen molar-refractivity contribution in [2.24, 2.45) is 5.92 Å². The summed E-state index contributed by atoms with van der Waals surface area (Å²) in [5.41, 5.74) is 1.71. The van der Waals surface area contributed by atoms with Crippen molar-refractivity contribution in [1.29, 1.82) is 0 Å². The highest BCUT2D eigenvalue weighted by Crippen LogP contribution is 2.29. The first kappa shape index (κ1) is 13.6. The summed E-state index contributed by atoms with van der Waals surface area (Å²) in [7, 11) is 0. The number of benzene rings is 1. The normalized spacial score (nSPS) is 14.8. The van der Waals surface area contributed by atoms with Crippen LogP contribution in [0.2, 0.25) is 0 Å². The summed E-state index contributed by atoms with van der Waals surface area (Å²) >= 11 is 0. The van der Waals surface area contributed by atoms with Crippen LogP contribution in [0.25, 0.3) is 6.08 Å². The molecule has 0 aromatic heterocycles. The average molecular weight is 262 g/mol. The zero-order valence-electron chi connectivity index (χ0n) is 11.0. The molecule has 19 heavy (non-hydrogen) atoms. The number of aryl methyl sites for hydroxylation is 1. The maximum atomic E-state index is 10.6. The van der Waals surface area contributed by atoms with Gasteiger partial charge in [0.1, 0.15) is 5.75 Å². The number of hydrogen-bond acceptors (Lipinski definition) is 3. The number of carbonyl (C=O) groups is 1. The number of carboxylic acids is 1. The highest BCUT2D eigenvalue weighted by molar-refractivity contribution is 5.86. The molecule has 1 aromatic carbocycles. The Morgan fingerprint density at radius 3 is 2.95 bits per heavy atom. The van der Waals surface area contributed by atoms with E-state index in [1.165, 1.54) is 18.9 Å². The van der Waals surface area contributed by atoms with E-state index in [0.29, 0.717) is 11.7 Å². The molecule has 0 saturated heterocycles. The Balaban J connectivity index is 1.97. The summed E-state index contributed by atoms with van der Waals surface area (Å²) < 4.78 is 11.0. The largest absolute Gasteiger partial charge is 0.478 e. The number of rotatable bonds is 7. The molecule has 1 aromatic rings. The minimum Gasteiger partial charge on any atom is -0.478 e. The van der Waals surface area contributed by atoms with E-state index in [9.17, 15) is 4.79 Å². The molecular weight excluding hydrogens is 244 g/mol. The molecule has 1 fully saturated rings. The first-order valence-corrected chi connectivity index (χ1v) is 6.38. The minimum absolute atomic E-state index is 0.204. The first-order chi connectivity index (χ1) is 9.16. The van der Waals surface area contributed by atoms with Gasteiger partial charge in [-0.1, -0.05) is 18.2 Å². The van der Waals surface area contributed by atoms with Crippen molar-refractivity contribution in [3.63, 3.8) is 0 Å². The van der Waals surface area contributed by atoms with E-state index >= 15 is 0 Å². The Morgan fingerprint density at radius 1 is 1.47 bits per heavy atom. The standard InChI is InChI=1S/C15H18O4/c1-11-3-2-4-13(7-8-14(16)17)15(11)19-10-18-9-12-5-6-12/h2-4,7-8,12H,5-6,9-10H2,1H3,(H,16,17)/b8-7+. The third kappa shape index (κ3) is 4.41. The molecule has 1 N–H and O–H groups in total. The molecule has 0 amide bonds. The van der Waals surface area contributed by atoms with E-state index in [1.807, 2.05) is 25.1 Å². The summed E-state index contributed by atoms with van der Waals surface area (Å²) in [4.78, 5) is 10.6. The van der Waals surface area contributed by atoms with Crippen molar-refractivity contribution in [2.45, 2.75) is 19.8 Å². The van der Waals surface area contributed by atoms with E-state index in [2.05, 4.69) is 0 Å². The van der Waals surface area contributed by atoms with Crippen LogP contribution >= 0.6 is 0 Å². The Bertz CT molecular complexity index is 475. The zero-order chi connectivity index (χ0) is 13.7. The van der Waals surface area contributed by atoms with E-state index in [4.69, 9.17) is 14.6 Å². The molecule has 4 nitrogen and oxygen atoms in total. The van der Waals surface area contributed by atoms with Crippen molar-refractivity contribution >= 4 is 12.0 Å². The lowest BCUT2D eigenvalue weighted by atomic mass is 10.1. The van der Waals surface area contributed by atoms with Crippen molar-refractivity contribution < 1.29 is 19.4 Å². The molecule has 0 heterocycles. The second kappa shape index (κ2) is 6.38. The van der Waals surface area contributed by atoms with E-state index in [-0.39, 0.29) is 6.79 Å². The quantitative estimate of drug-likeness (QED) is 0.466. The Labute approximate surface area is 112 Å².